The van der Waals surface area contributed by atoms with Crippen molar-refractivity contribution in [3.05, 3.63) is 48.0 Å². The van der Waals surface area contributed by atoms with Crippen molar-refractivity contribution in [2.75, 3.05) is 0 Å². The zero-order chi connectivity index (χ0) is 11.0. The maximum atomic E-state index is 10.5. The Morgan fingerprint density at radius 3 is 2.69 bits per heavy atom. The first-order valence-electron chi connectivity index (χ1n) is 5.23. The molecule has 0 spiro atoms. The number of nitrogens with one attached hydrogen (secondary N) is 1. The summed E-state index contributed by atoms with van der Waals surface area (Å²) in [6, 6.07) is 14.2. The number of fused-ring (bicyclic) bond motifs is 3. The minimum atomic E-state index is 0.337. The molecule has 0 atom stereocenters. The zero-order valence-electron chi connectivity index (χ0n) is 8.66. The third-order valence-corrected chi connectivity index (χ3v) is 2.89. The van der Waals surface area contributed by atoms with Crippen LogP contribution in [0.25, 0.3) is 21.8 Å². The summed E-state index contributed by atoms with van der Waals surface area (Å²) in [6.45, 7) is 0. The fourth-order valence-corrected chi connectivity index (χ4v) is 2.16. The van der Waals surface area contributed by atoms with Crippen molar-refractivity contribution in [1.82, 2.24) is 4.98 Å². The van der Waals surface area contributed by atoms with Gasteiger partial charge in [-0.25, -0.2) is 0 Å². The quantitative estimate of drug-likeness (QED) is 0.690. The van der Waals surface area contributed by atoms with Gasteiger partial charge in [0.1, 0.15) is 0 Å². The molecule has 0 aliphatic heterocycles. The first-order valence-corrected chi connectivity index (χ1v) is 5.23. The first kappa shape index (κ1) is 9.16. The lowest BCUT2D eigenvalue weighted by Crippen LogP contribution is -1.86. The van der Waals surface area contributed by atoms with Gasteiger partial charge < -0.3 is 4.98 Å². The zero-order valence-corrected chi connectivity index (χ0v) is 8.66. The predicted octanol–water partition coefficient (Wildman–Crippen LogP) is 2.97. The Morgan fingerprint density at radius 2 is 1.81 bits per heavy atom. The lowest BCUT2D eigenvalue weighted by Gasteiger charge is -1.96. The van der Waals surface area contributed by atoms with E-state index in [1.165, 1.54) is 10.8 Å². The Morgan fingerprint density at radius 1 is 1.00 bits per heavy atom. The second-order valence-corrected chi connectivity index (χ2v) is 3.83. The minimum absolute atomic E-state index is 0.337. The summed E-state index contributed by atoms with van der Waals surface area (Å²) in [4.78, 5) is 13.8. The Balaban J connectivity index is 2.43. The minimum Gasteiger partial charge on any atom is -0.354 e. The summed E-state index contributed by atoms with van der Waals surface area (Å²) in [5.74, 6) is 0. The van der Waals surface area contributed by atoms with Crippen LogP contribution in [-0.4, -0.2) is 11.3 Å². The maximum Gasteiger partial charge on any atom is 0.203 e. The van der Waals surface area contributed by atoms with Gasteiger partial charge in [0.2, 0.25) is 6.29 Å². The smallest absolute Gasteiger partial charge is 0.203 e. The van der Waals surface area contributed by atoms with Crippen LogP contribution in [0.1, 0.15) is 5.56 Å². The summed E-state index contributed by atoms with van der Waals surface area (Å²) in [6.07, 6.45) is 2.29. The molecule has 1 aromatic heterocycles. The predicted molar refractivity (Wildman–Crippen MR) is 65.2 cm³/mol. The molecule has 0 saturated carbocycles. The standard InChI is InChI=1S/C14H10NO/c16-9-8-10-4-3-6-12-11-5-1-2-7-13(11)15-14(10)12/h1-7,15H,8H2. The lowest BCUT2D eigenvalue weighted by molar-refractivity contribution is 0.555. The van der Waals surface area contributed by atoms with Crippen LogP contribution in [0.5, 0.6) is 0 Å². The average molecular weight is 208 g/mol. The Kier molecular flexibility index (Phi) is 2.00. The fraction of sp³-hybridized carbons (Fsp3) is 0.0714. The van der Waals surface area contributed by atoms with E-state index >= 15 is 0 Å². The molecule has 0 fully saturated rings. The van der Waals surface area contributed by atoms with Crippen molar-refractivity contribution in [2.45, 2.75) is 6.42 Å². The SMILES string of the molecule is O=[C]Cc1cccc2c1[nH]c1ccccc12. The van der Waals surface area contributed by atoms with Crippen LogP contribution in [0.2, 0.25) is 0 Å². The van der Waals surface area contributed by atoms with Crippen LogP contribution in [0, 0.1) is 0 Å². The van der Waals surface area contributed by atoms with Crippen LogP contribution >= 0.6 is 0 Å². The number of benzene rings is 2. The second-order valence-electron chi connectivity index (χ2n) is 3.83. The molecule has 0 aliphatic rings. The molecule has 16 heavy (non-hydrogen) atoms. The molecule has 0 unspecified atom stereocenters. The van der Waals surface area contributed by atoms with Gasteiger partial charge in [-0.2, -0.15) is 0 Å². The van der Waals surface area contributed by atoms with Gasteiger partial charge in [-0.3, -0.25) is 4.79 Å². The summed E-state index contributed by atoms with van der Waals surface area (Å²) in [5, 5.41) is 2.37. The number of aromatic amines is 1. The molecule has 1 N–H and O–H groups in total. The monoisotopic (exact) mass is 208 g/mol. The summed E-state index contributed by atoms with van der Waals surface area (Å²) in [5.41, 5.74) is 3.16. The highest BCUT2D eigenvalue weighted by Crippen LogP contribution is 2.27. The Hall–Kier alpha value is -2.09. The van der Waals surface area contributed by atoms with E-state index in [1.54, 1.807) is 0 Å². The van der Waals surface area contributed by atoms with Crippen LogP contribution in [0.4, 0.5) is 0 Å². The highest BCUT2D eigenvalue weighted by atomic mass is 16.1. The first-order chi connectivity index (χ1) is 7.90. The molecule has 0 aliphatic carbocycles. The van der Waals surface area contributed by atoms with Crippen molar-refractivity contribution < 1.29 is 4.79 Å². The number of rotatable bonds is 2. The summed E-state index contributed by atoms with van der Waals surface area (Å²) < 4.78 is 0. The average Bonchev–Trinajstić information content (AvgIpc) is 2.69. The van der Waals surface area contributed by atoms with E-state index in [0.717, 1.165) is 16.6 Å². The van der Waals surface area contributed by atoms with Crippen LogP contribution in [0.15, 0.2) is 42.5 Å². The van der Waals surface area contributed by atoms with Crippen LogP contribution < -0.4 is 0 Å². The van der Waals surface area contributed by atoms with Gasteiger partial charge in [-0.1, -0.05) is 36.4 Å². The number of carbonyl (C=O) groups excluding carboxylic acids is 1. The van der Waals surface area contributed by atoms with Crippen LogP contribution in [-0.2, 0) is 11.2 Å². The van der Waals surface area contributed by atoms with Gasteiger partial charge in [0.15, 0.2) is 0 Å². The van der Waals surface area contributed by atoms with Crippen LogP contribution in [0.3, 0.4) is 0 Å². The number of para-hydroxylation sites is 2. The van der Waals surface area contributed by atoms with Crippen molar-refractivity contribution in [1.29, 1.82) is 0 Å². The van der Waals surface area contributed by atoms with Gasteiger partial charge in [0, 0.05) is 22.7 Å². The molecule has 3 rings (SSSR count). The molecule has 1 heterocycles. The molecular weight excluding hydrogens is 198 g/mol. The van der Waals surface area contributed by atoms with E-state index in [0.29, 0.717) is 6.42 Å². The third kappa shape index (κ3) is 1.23. The number of H-pyrrole nitrogens is 1. The summed E-state index contributed by atoms with van der Waals surface area (Å²) >= 11 is 0. The molecule has 2 aromatic carbocycles. The molecule has 2 nitrogen and oxygen atoms in total. The van der Waals surface area contributed by atoms with E-state index in [4.69, 9.17) is 0 Å². The normalized spacial score (nSPS) is 11.0. The second kappa shape index (κ2) is 3.49. The topological polar surface area (TPSA) is 32.9 Å². The van der Waals surface area contributed by atoms with Crippen molar-refractivity contribution in [2.24, 2.45) is 0 Å². The van der Waals surface area contributed by atoms with E-state index in [9.17, 15) is 4.79 Å². The van der Waals surface area contributed by atoms with E-state index in [1.807, 2.05) is 36.6 Å². The largest absolute Gasteiger partial charge is 0.354 e. The molecule has 1 radical (unpaired) electrons. The highest BCUT2D eigenvalue weighted by molar-refractivity contribution is 6.08. The molecule has 77 valence electrons. The molecule has 0 amide bonds. The van der Waals surface area contributed by atoms with Gasteiger partial charge in [0.05, 0.1) is 5.52 Å². The Bertz CT molecular complexity index is 667. The van der Waals surface area contributed by atoms with Crippen molar-refractivity contribution >= 4 is 28.1 Å². The van der Waals surface area contributed by atoms with E-state index in [-0.39, 0.29) is 0 Å². The molecule has 2 heteroatoms. The molecule has 0 saturated heterocycles. The van der Waals surface area contributed by atoms with Gasteiger partial charge in [-0.05, 0) is 11.6 Å². The van der Waals surface area contributed by atoms with Gasteiger partial charge in [-0.15, -0.1) is 0 Å². The maximum absolute atomic E-state index is 10.5. The van der Waals surface area contributed by atoms with Crippen molar-refractivity contribution in [3.63, 3.8) is 0 Å². The lowest BCUT2D eigenvalue weighted by atomic mass is 10.1. The third-order valence-electron chi connectivity index (χ3n) is 2.89. The molecule has 0 bridgehead atoms. The van der Waals surface area contributed by atoms with Gasteiger partial charge in [0.25, 0.3) is 0 Å². The number of hydrogen-bond acceptors (Lipinski definition) is 1. The van der Waals surface area contributed by atoms with E-state index in [2.05, 4.69) is 17.1 Å². The number of aromatic nitrogens is 1. The molecular formula is C14H10NO. The molecule has 3 aromatic rings. The fourth-order valence-electron chi connectivity index (χ4n) is 2.16. The van der Waals surface area contributed by atoms with Gasteiger partial charge >= 0.3 is 0 Å². The van der Waals surface area contributed by atoms with Crippen molar-refractivity contribution in [3.8, 4) is 0 Å². The Labute approximate surface area is 92.9 Å². The summed E-state index contributed by atoms with van der Waals surface area (Å²) in [7, 11) is 0. The highest BCUT2D eigenvalue weighted by Gasteiger charge is 2.06. The number of hydrogen-bond donors (Lipinski definition) is 1. The van der Waals surface area contributed by atoms with E-state index < -0.39 is 0 Å².